The third-order valence-electron chi connectivity index (χ3n) is 3.77. The van der Waals surface area contributed by atoms with Crippen LogP contribution in [0.2, 0.25) is 5.15 Å². The third kappa shape index (κ3) is 3.77. The minimum atomic E-state index is 0.318. The molecule has 114 valence electrons. The van der Waals surface area contributed by atoms with E-state index in [2.05, 4.69) is 22.5 Å². The van der Waals surface area contributed by atoms with E-state index in [1.807, 2.05) is 33.2 Å². The standard InChI is InChI=1S/C16H22ClN3O/c1-11-15(16(17)20(3)19-11)10-13(18-2)9-12-5-7-14(21-4)8-6-12/h5-8,13,18H,9-10H2,1-4H3. The number of likely N-dealkylation sites (N-methyl/N-ethyl adjacent to an activating group) is 1. The number of methoxy groups -OCH3 is 1. The van der Waals surface area contributed by atoms with Crippen LogP contribution in [0.4, 0.5) is 0 Å². The molecular formula is C16H22ClN3O. The summed E-state index contributed by atoms with van der Waals surface area (Å²) < 4.78 is 6.91. The van der Waals surface area contributed by atoms with Crippen LogP contribution in [-0.4, -0.2) is 30.0 Å². The van der Waals surface area contributed by atoms with Gasteiger partial charge in [-0.3, -0.25) is 4.68 Å². The van der Waals surface area contributed by atoms with Crippen LogP contribution in [-0.2, 0) is 19.9 Å². The Hall–Kier alpha value is -1.52. The number of aryl methyl sites for hydroxylation is 2. The van der Waals surface area contributed by atoms with E-state index < -0.39 is 0 Å². The maximum absolute atomic E-state index is 6.31. The van der Waals surface area contributed by atoms with Crippen LogP contribution in [0, 0.1) is 6.92 Å². The van der Waals surface area contributed by atoms with Gasteiger partial charge in [-0.15, -0.1) is 0 Å². The minimum Gasteiger partial charge on any atom is -0.497 e. The molecule has 0 spiro atoms. The van der Waals surface area contributed by atoms with Crippen molar-refractivity contribution in [2.24, 2.45) is 7.05 Å². The molecule has 5 heteroatoms. The highest BCUT2D eigenvalue weighted by atomic mass is 35.5. The van der Waals surface area contributed by atoms with Crippen molar-refractivity contribution in [1.29, 1.82) is 0 Å². The molecule has 1 heterocycles. The van der Waals surface area contributed by atoms with Crippen LogP contribution in [0.1, 0.15) is 16.8 Å². The Balaban J connectivity index is 2.09. The van der Waals surface area contributed by atoms with E-state index in [1.165, 1.54) is 5.56 Å². The van der Waals surface area contributed by atoms with Crippen molar-refractivity contribution >= 4 is 11.6 Å². The van der Waals surface area contributed by atoms with Crippen molar-refractivity contribution < 1.29 is 4.74 Å². The second kappa shape index (κ2) is 6.96. The summed E-state index contributed by atoms with van der Waals surface area (Å²) in [5.41, 5.74) is 3.39. The van der Waals surface area contributed by atoms with Gasteiger partial charge in [0.15, 0.2) is 0 Å². The molecule has 0 fully saturated rings. The lowest BCUT2D eigenvalue weighted by molar-refractivity contribution is 0.414. The van der Waals surface area contributed by atoms with E-state index in [-0.39, 0.29) is 0 Å². The zero-order chi connectivity index (χ0) is 15.4. The highest BCUT2D eigenvalue weighted by Gasteiger charge is 2.16. The van der Waals surface area contributed by atoms with Crippen molar-refractivity contribution in [2.75, 3.05) is 14.2 Å². The number of ether oxygens (including phenoxy) is 1. The van der Waals surface area contributed by atoms with E-state index >= 15 is 0 Å². The molecule has 21 heavy (non-hydrogen) atoms. The Morgan fingerprint density at radius 2 is 1.95 bits per heavy atom. The first-order valence-corrected chi connectivity index (χ1v) is 7.41. The van der Waals surface area contributed by atoms with Gasteiger partial charge in [0.1, 0.15) is 10.9 Å². The smallest absolute Gasteiger partial charge is 0.130 e. The Labute approximate surface area is 131 Å². The van der Waals surface area contributed by atoms with Gasteiger partial charge >= 0.3 is 0 Å². The van der Waals surface area contributed by atoms with E-state index in [4.69, 9.17) is 16.3 Å². The molecular weight excluding hydrogens is 286 g/mol. The van der Waals surface area contributed by atoms with Crippen LogP contribution >= 0.6 is 11.6 Å². The average Bonchev–Trinajstić information content (AvgIpc) is 2.73. The van der Waals surface area contributed by atoms with E-state index in [0.29, 0.717) is 6.04 Å². The van der Waals surface area contributed by atoms with Crippen molar-refractivity contribution in [3.8, 4) is 5.75 Å². The fourth-order valence-electron chi connectivity index (χ4n) is 2.47. The second-order valence-electron chi connectivity index (χ2n) is 5.22. The molecule has 0 aliphatic rings. The first-order chi connectivity index (χ1) is 10.0. The van der Waals surface area contributed by atoms with Crippen LogP contribution in [0.15, 0.2) is 24.3 Å². The summed E-state index contributed by atoms with van der Waals surface area (Å²) in [4.78, 5) is 0. The molecule has 0 bridgehead atoms. The Morgan fingerprint density at radius 3 is 2.43 bits per heavy atom. The normalized spacial score (nSPS) is 12.4. The molecule has 0 radical (unpaired) electrons. The quantitative estimate of drug-likeness (QED) is 0.892. The van der Waals surface area contributed by atoms with Crippen molar-refractivity contribution in [3.05, 3.63) is 46.2 Å². The Morgan fingerprint density at radius 1 is 1.29 bits per heavy atom. The molecule has 0 amide bonds. The van der Waals surface area contributed by atoms with Crippen LogP contribution in [0.3, 0.4) is 0 Å². The van der Waals surface area contributed by atoms with Crippen LogP contribution in [0.5, 0.6) is 5.75 Å². The first kappa shape index (κ1) is 15.9. The molecule has 1 aromatic carbocycles. The zero-order valence-electron chi connectivity index (χ0n) is 13.0. The molecule has 0 aliphatic heterocycles. The van der Waals surface area contributed by atoms with Gasteiger partial charge in [0.25, 0.3) is 0 Å². The van der Waals surface area contributed by atoms with Crippen molar-refractivity contribution in [1.82, 2.24) is 15.1 Å². The Bertz CT molecular complexity index is 592. The molecule has 1 aromatic heterocycles. The number of benzene rings is 1. The average molecular weight is 308 g/mol. The summed E-state index contributed by atoms with van der Waals surface area (Å²) in [5, 5.41) is 8.46. The van der Waals surface area contributed by atoms with Gasteiger partial charge in [0.05, 0.1) is 12.8 Å². The van der Waals surface area contributed by atoms with Crippen LogP contribution in [0.25, 0.3) is 0 Å². The fourth-order valence-corrected chi connectivity index (χ4v) is 2.73. The third-order valence-corrected chi connectivity index (χ3v) is 4.24. The van der Waals surface area contributed by atoms with Crippen molar-refractivity contribution in [2.45, 2.75) is 25.8 Å². The van der Waals surface area contributed by atoms with Gasteiger partial charge < -0.3 is 10.1 Å². The summed E-state index contributed by atoms with van der Waals surface area (Å²) in [7, 11) is 5.53. The predicted molar refractivity (Wildman–Crippen MR) is 86.2 cm³/mol. The van der Waals surface area contributed by atoms with E-state index in [9.17, 15) is 0 Å². The molecule has 1 atom stereocenters. The lowest BCUT2D eigenvalue weighted by Crippen LogP contribution is -2.30. The number of halogens is 1. The molecule has 2 rings (SSSR count). The van der Waals surface area contributed by atoms with Gasteiger partial charge in [-0.1, -0.05) is 23.7 Å². The number of rotatable bonds is 6. The fraction of sp³-hybridized carbons (Fsp3) is 0.438. The van der Waals surface area contributed by atoms with Crippen LogP contribution < -0.4 is 10.1 Å². The maximum Gasteiger partial charge on any atom is 0.130 e. The van der Waals surface area contributed by atoms with E-state index in [0.717, 1.165) is 35.0 Å². The Kier molecular flexibility index (Phi) is 5.26. The number of hydrogen-bond acceptors (Lipinski definition) is 3. The summed E-state index contributed by atoms with van der Waals surface area (Å²) >= 11 is 6.31. The second-order valence-corrected chi connectivity index (χ2v) is 5.58. The maximum atomic E-state index is 6.31. The number of nitrogens with zero attached hydrogens (tertiary/aromatic N) is 2. The molecule has 1 unspecified atom stereocenters. The zero-order valence-corrected chi connectivity index (χ0v) is 13.7. The van der Waals surface area contributed by atoms with E-state index in [1.54, 1.807) is 11.8 Å². The summed E-state index contributed by atoms with van der Waals surface area (Å²) in [6, 6.07) is 8.50. The largest absolute Gasteiger partial charge is 0.497 e. The molecule has 4 nitrogen and oxygen atoms in total. The lowest BCUT2D eigenvalue weighted by Gasteiger charge is -2.16. The topological polar surface area (TPSA) is 39.1 Å². The molecule has 0 aliphatic carbocycles. The summed E-state index contributed by atoms with van der Waals surface area (Å²) in [5.74, 6) is 0.880. The lowest BCUT2D eigenvalue weighted by atomic mass is 9.99. The van der Waals surface area contributed by atoms with Gasteiger partial charge in [-0.05, 0) is 44.5 Å². The number of aromatic nitrogens is 2. The van der Waals surface area contributed by atoms with Gasteiger partial charge in [-0.25, -0.2) is 0 Å². The molecule has 2 aromatic rings. The number of hydrogen-bond donors (Lipinski definition) is 1. The highest BCUT2D eigenvalue weighted by molar-refractivity contribution is 6.30. The molecule has 0 saturated carbocycles. The number of nitrogens with one attached hydrogen (secondary N) is 1. The first-order valence-electron chi connectivity index (χ1n) is 7.03. The van der Waals surface area contributed by atoms with Gasteiger partial charge in [0, 0.05) is 18.7 Å². The van der Waals surface area contributed by atoms with Crippen molar-refractivity contribution in [3.63, 3.8) is 0 Å². The SMILES string of the molecule is CNC(Cc1ccc(OC)cc1)Cc1c(C)nn(C)c1Cl. The van der Waals surface area contributed by atoms with Gasteiger partial charge in [-0.2, -0.15) is 5.10 Å². The minimum absolute atomic E-state index is 0.318. The summed E-state index contributed by atoms with van der Waals surface area (Å²) in [6.07, 6.45) is 1.80. The monoisotopic (exact) mass is 307 g/mol. The molecule has 1 N–H and O–H groups in total. The summed E-state index contributed by atoms with van der Waals surface area (Å²) in [6.45, 7) is 2.00. The highest BCUT2D eigenvalue weighted by Crippen LogP contribution is 2.21. The van der Waals surface area contributed by atoms with Gasteiger partial charge in [0.2, 0.25) is 0 Å². The predicted octanol–water partition coefficient (Wildman–Crippen LogP) is 2.76. The molecule has 0 saturated heterocycles.